The third kappa shape index (κ3) is 2.50. The smallest absolute Gasteiger partial charge is 0.201 e. The second-order valence-corrected chi connectivity index (χ2v) is 6.74. The third-order valence-corrected chi connectivity index (χ3v) is 4.71. The van der Waals surface area contributed by atoms with E-state index in [2.05, 4.69) is 28.4 Å². The molecule has 1 aliphatic rings. The largest absolute Gasteiger partial charge is 0.369 e. The highest BCUT2D eigenvalue weighted by atomic mass is 35.5. The number of anilines is 1. The maximum absolute atomic E-state index is 6.11. The predicted octanol–water partition coefficient (Wildman–Crippen LogP) is 3.00. The van der Waals surface area contributed by atoms with Crippen LogP contribution in [0.5, 0.6) is 0 Å². The molecule has 0 spiro atoms. The van der Waals surface area contributed by atoms with Gasteiger partial charge in [0.1, 0.15) is 0 Å². The number of hydrogen-bond acceptors (Lipinski definition) is 3. The number of benzene rings is 1. The Hall–Kier alpha value is -1.26. The lowest BCUT2D eigenvalue weighted by molar-refractivity contribution is 0.122. The van der Waals surface area contributed by atoms with E-state index in [0.717, 1.165) is 35.7 Å². The van der Waals surface area contributed by atoms with E-state index in [0.29, 0.717) is 5.95 Å². The number of imidazole rings is 1. The van der Waals surface area contributed by atoms with Crippen molar-refractivity contribution in [2.45, 2.75) is 26.3 Å². The van der Waals surface area contributed by atoms with Crippen LogP contribution in [0.4, 0.5) is 5.95 Å². The Morgan fingerprint density at radius 1 is 1.35 bits per heavy atom. The van der Waals surface area contributed by atoms with Crippen molar-refractivity contribution in [1.29, 1.82) is 0 Å². The molecule has 108 valence electrons. The Morgan fingerprint density at radius 2 is 2.05 bits per heavy atom. The van der Waals surface area contributed by atoms with Crippen LogP contribution in [0.15, 0.2) is 18.2 Å². The van der Waals surface area contributed by atoms with Crippen molar-refractivity contribution in [2.24, 2.45) is 5.41 Å². The van der Waals surface area contributed by atoms with E-state index in [-0.39, 0.29) is 5.41 Å². The van der Waals surface area contributed by atoms with Gasteiger partial charge in [0, 0.05) is 11.6 Å². The van der Waals surface area contributed by atoms with Gasteiger partial charge in [-0.05, 0) is 56.6 Å². The molecule has 1 saturated heterocycles. The molecule has 0 amide bonds. The summed E-state index contributed by atoms with van der Waals surface area (Å²) in [5.74, 6) is 0.586. The van der Waals surface area contributed by atoms with Gasteiger partial charge in [0.2, 0.25) is 5.95 Å². The average Bonchev–Trinajstić information content (AvgIpc) is 2.70. The number of piperidine rings is 1. The lowest BCUT2D eigenvalue weighted by Gasteiger charge is -2.38. The van der Waals surface area contributed by atoms with E-state index in [1.807, 2.05) is 18.2 Å². The fourth-order valence-corrected chi connectivity index (χ4v) is 3.15. The number of hydrogen-bond donors (Lipinski definition) is 1. The first-order chi connectivity index (χ1) is 9.47. The van der Waals surface area contributed by atoms with Crippen LogP contribution >= 0.6 is 11.6 Å². The average molecular weight is 293 g/mol. The van der Waals surface area contributed by atoms with E-state index in [1.54, 1.807) is 0 Å². The molecule has 1 aromatic heterocycles. The zero-order valence-electron chi connectivity index (χ0n) is 12.1. The molecule has 1 aliphatic heterocycles. The quantitative estimate of drug-likeness (QED) is 0.925. The van der Waals surface area contributed by atoms with Crippen molar-refractivity contribution in [1.82, 2.24) is 14.5 Å². The highest BCUT2D eigenvalue weighted by Crippen LogP contribution is 2.34. The number of likely N-dealkylation sites (tertiary alicyclic amines) is 1. The van der Waals surface area contributed by atoms with Crippen LogP contribution in [0, 0.1) is 5.41 Å². The first-order valence-corrected chi connectivity index (χ1v) is 7.44. The molecule has 5 heteroatoms. The van der Waals surface area contributed by atoms with Crippen molar-refractivity contribution < 1.29 is 0 Å². The number of nitrogen functional groups attached to an aromatic ring is 1. The number of halogens is 1. The number of nitrogens with zero attached hydrogens (tertiary/aromatic N) is 3. The second kappa shape index (κ2) is 4.93. The molecule has 1 aromatic carbocycles. The van der Waals surface area contributed by atoms with Gasteiger partial charge in [-0.1, -0.05) is 18.5 Å². The molecule has 2 heterocycles. The Kier molecular flexibility index (Phi) is 3.38. The van der Waals surface area contributed by atoms with Crippen molar-refractivity contribution in [3.05, 3.63) is 23.2 Å². The fraction of sp³-hybridized carbons (Fsp3) is 0.533. The first kappa shape index (κ1) is 13.7. The molecule has 0 saturated carbocycles. The van der Waals surface area contributed by atoms with Gasteiger partial charge in [0.15, 0.2) is 0 Å². The molecule has 2 aromatic rings. The topological polar surface area (TPSA) is 47.1 Å². The molecule has 3 rings (SSSR count). The molecule has 20 heavy (non-hydrogen) atoms. The summed E-state index contributed by atoms with van der Waals surface area (Å²) >= 11 is 6.11. The minimum atomic E-state index is 0.274. The molecular weight excluding hydrogens is 272 g/mol. The maximum atomic E-state index is 6.11. The molecule has 1 fully saturated rings. The molecule has 0 aliphatic carbocycles. The van der Waals surface area contributed by atoms with Crippen LogP contribution in [-0.4, -0.2) is 34.6 Å². The Bertz CT molecular complexity index is 626. The van der Waals surface area contributed by atoms with Gasteiger partial charge in [0.25, 0.3) is 0 Å². The van der Waals surface area contributed by atoms with E-state index in [1.165, 1.54) is 12.8 Å². The zero-order chi connectivity index (χ0) is 14.3. The van der Waals surface area contributed by atoms with Crippen LogP contribution in [0.2, 0.25) is 5.02 Å². The summed E-state index contributed by atoms with van der Waals surface area (Å²) in [6, 6.07) is 5.75. The van der Waals surface area contributed by atoms with Crippen LogP contribution in [-0.2, 0) is 6.54 Å². The highest BCUT2D eigenvalue weighted by molar-refractivity contribution is 6.31. The van der Waals surface area contributed by atoms with Gasteiger partial charge >= 0.3 is 0 Å². The fourth-order valence-electron chi connectivity index (χ4n) is 2.98. The minimum absolute atomic E-state index is 0.274. The predicted molar refractivity (Wildman–Crippen MR) is 84.0 cm³/mol. The van der Waals surface area contributed by atoms with Gasteiger partial charge in [0.05, 0.1) is 11.0 Å². The van der Waals surface area contributed by atoms with Gasteiger partial charge in [-0.2, -0.15) is 0 Å². The zero-order valence-corrected chi connectivity index (χ0v) is 12.8. The van der Waals surface area contributed by atoms with E-state index in [9.17, 15) is 0 Å². The molecule has 0 radical (unpaired) electrons. The lowest BCUT2D eigenvalue weighted by Crippen LogP contribution is -2.38. The molecule has 2 N–H and O–H groups in total. The number of rotatable bonds is 2. The Morgan fingerprint density at radius 3 is 2.75 bits per heavy atom. The summed E-state index contributed by atoms with van der Waals surface area (Å²) in [6.45, 7) is 5.53. The number of nitrogens with two attached hydrogens (primary N) is 1. The Balaban J connectivity index is 1.94. The number of fused-ring (bicyclic) bond motifs is 1. The second-order valence-electron chi connectivity index (χ2n) is 6.30. The standard InChI is InChI=1S/C15H21ClN4/c1-15(5-7-19(2)8-6-15)10-20-13-9-11(16)3-4-12(13)18-14(20)17/h3-4,9H,5-8,10H2,1-2H3,(H2,17,18). The van der Waals surface area contributed by atoms with Crippen LogP contribution in [0.3, 0.4) is 0 Å². The lowest BCUT2D eigenvalue weighted by atomic mass is 9.80. The molecule has 4 nitrogen and oxygen atoms in total. The molecule has 0 unspecified atom stereocenters. The summed E-state index contributed by atoms with van der Waals surface area (Å²) in [7, 11) is 2.18. The normalized spacial score (nSPS) is 19.6. The van der Waals surface area contributed by atoms with Gasteiger partial charge in [-0.25, -0.2) is 4.98 Å². The Labute approximate surface area is 124 Å². The first-order valence-electron chi connectivity index (χ1n) is 7.07. The maximum Gasteiger partial charge on any atom is 0.201 e. The van der Waals surface area contributed by atoms with E-state index >= 15 is 0 Å². The van der Waals surface area contributed by atoms with E-state index in [4.69, 9.17) is 17.3 Å². The summed E-state index contributed by atoms with van der Waals surface area (Å²) in [6.07, 6.45) is 2.37. The van der Waals surface area contributed by atoms with E-state index < -0.39 is 0 Å². The van der Waals surface area contributed by atoms with Crippen molar-refractivity contribution in [3.8, 4) is 0 Å². The van der Waals surface area contributed by atoms with Crippen molar-refractivity contribution in [3.63, 3.8) is 0 Å². The SMILES string of the molecule is CN1CCC(C)(Cn2c(N)nc3ccc(Cl)cc32)CC1. The van der Waals surface area contributed by atoms with Crippen LogP contribution < -0.4 is 5.73 Å². The third-order valence-electron chi connectivity index (χ3n) is 4.47. The summed E-state index contributed by atoms with van der Waals surface area (Å²) in [4.78, 5) is 6.82. The molecule has 0 atom stereocenters. The van der Waals surface area contributed by atoms with Crippen molar-refractivity contribution >= 4 is 28.6 Å². The highest BCUT2D eigenvalue weighted by Gasteiger charge is 2.30. The summed E-state index contributed by atoms with van der Waals surface area (Å²) in [5.41, 5.74) is 8.34. The van der Waals surface area contributed by atoms with Gasteiger partial charge in [-0.3, -0.25) is 0 Å². The van der Waals surface area contributed by atoms with Crippen LogP contribution in [0.1, 0.15) is 19.8 Å². The molecule has 0 bridgehead atoms. The summed E-state index contributed by atoms with van der Waals surface area (Å²) in [5, 5.41) is 0.729. The number of aromatic nitrogens is 2. The van der Waals surface area contributed by atoms with Gasteiger partial charge < -0.3 is 15.2 Å². The van der Waals surface area contributed by atoms with Crippen molar-refractivity contribution in [2.75, 3.05) is 25.9 Å². The monoisotopic (exact) mass is 292 g/mol. The molecular formula is C15H21ClN4. The van der Waals surface area contributed by atoms with Gasteiger partial charge in [-0.15, -0.1) is 0 Å². The van der Waals surface area contributed by atoms with Crippen LogP contribution in [0.25, 0.3) is 11.0 Å². The minimum Gasteiger partial charge on any atom is -0.369 e. The summed E-state index contributed by atoms with van der Waals surface area (Å²) < 4.78 is 2.12.